The van der Waals surface area contributed by atoms with Gasteiger partial charge in [-0.05, 0) is 37.3 Å². The molecule has 0 aliphatic heterocycles. The number of aromatic carboxylic acids is 1. The molecular formula is C18H23NO2. The standard InChI is InChI=1S/C18H23NO2/c1-4-11-19-15-12(7-5-8-14(15)17(20)21)13-9-6-10-18(2,3)16(13)19/h5,7-8H,4,6,9-11H2,1-3H3,(H,20,21). The second-order valence-corrected chi connectivity index (χ2v) is 6.72. The van der Waals surface area contributed by atoms with E-state index in [0.29, 0.717) is 5.56 Å². The van der Waals surface area contributed by atoms with E-state index in [2.05, 4.69) is 31.4 Å². The van der Waals surface area contributed by atoms with E-state index in [0.717, 1.165) is 30.3 Å². The van der Waals surface area contributed by atoms with Gasteiger partial charge in [-0.15, -0.1) is 0 Å². The molecule has 1 aromatic heterocycles. The lowest BCUT2D eigenvalue weighted by Crippen LogP contribution is -2.27. The zero-order valence-electron chi connectivity index (χ0n) is 13.1. The average molecular weight is 285 g/mol. The van der Waals surface area contributed by atoms with Crippen LogP contribution in [0.1, 0.15) is 61.6 Å². The van der Waals surface area contributed by atoms with Gasteiger partial charge in [-0.1, -0.05) is 32.9 Å². The third-order valence-corrected chi connectivity index (χ3v) is 4.73. The summed E-state index contributed by atoms with van der Waals surface area (Å²) in [6.45, 7) is 7.62. The van der Waals surface area contributed by atoms with Crippen LogP contribution < -0.4 is 0 Å². The van der Waals surface area contributed by atoms with Gasteiger partial charge in [0.2, 0.25) is 0 Å². The predicted octanol–water partition coefficient (Wildman–Crippen LogP) is 4.36. The van der Waals surface area contributed by atoms with E-state index in [9.17, 15) is 9.90 Å². The third kappa shape index (κ3) is 2.06. The highest BCUT2D eigenvalue weighted by molar-refractivity contribution is 6.04. The SMILES string of the molecule is CCCn1c2c(c3cccc(C(=O)O)c31)CCCC2(C)C. The lowest BCUT2D eigenvalue weighted by atomic mass is 9.76. The molecule has 21 heavy (non-hydrogen) atoms. The number of aromatic nitrogens is 1. The molecule has 1 N–H and O–H groups in total. The molecule has 1 aliphatic carbocycles. The van der Waals surface area contributed by atoms with Crippen LogP contribution in [0.15, 0.2) is 18.2 Å². The molecule has 2 aromatic rings. The number of nitrogens with zero attached hydrogens (tertiary/aromatic N) is 1. The van der Waals surface area contributed by atoms with E-state index in [1.165, 1.54) is 24.1 Å². The van der Waals surface area contributed by atoms with Gasteiger partial charge < -0.3 is 9.67 Å². The van der Waals surface area contributed by atoms with Crippen molar-refractivity contribution in [1.29, 1.82) is 0 Å². The molecule has 0 saturated heterocycles. The number of carbonyl (C=O) groups is 1. The molecule has 0 unspecified atom stereocenters. The molecule has 3 rings (SSSR count). The molecule has 3 heteroatoms. The Balaban J connectivity index is 2.43. The lowest BCUT2D eigenvalue weighted by molar-refractivity contribution is 0.0698. The minimum absolute atomic E-state index is 0.123. The fourth-order valence-corrected chi connectivity index (χ4v) is 3.95. The predicted molar refractivity (Wildman–Crippen MR) is 85.2 cm³/mol. The Kier molecular flexibility index (Phi) is 3.31. The maximum atomic E-state index is 11.6. The number of rotatable bonds is 3. The van der Waals surface area contributed by atoms with Gasteiger partial charge in [0, 0.05) is 23.0 Å². The number of carboxylic acids is 1. The first-order valence-electron chi connectivity index (χ1n) is 7.85. The minimum atomic E-state index is -0.828. The molecule has 0 spiro atoms. The number of hydrogen-bond donors (Lipinski definition) is 1. The highest BCUT2D eigenvalue weighted by Crippen LogP contribution is 2.43. The van der Waals surface area contributed by atoms with E-state index in [1.54, 1.807) is 6.07 Å². The molecule has 0 bridgehead atoms. The van der Waals surface area contributed by atoms with Gasteiger partial charge in [-0.25, -0.2) is 4.79 Å². The van der Waals surface area contributed by atoms with Crippen LogP contribution in [-0.4, -0.2) is 15.6 Å². The van der Waals surface area contributed by atoms with Crippen LogP contribution in [-0.2, 0) is 18.4 Å². The average Bonchev–Trinajstić information content (AvgIpc) is 2.75. The summed E-state index contributed by atoms with van der Waals surface area (Å²) in [4.78, 5) is 11.6. The van der Waals surface area contributed by atoms with Crippen molar-refractivity contribution in [3.63, 3.8) is 0 Å². The van der Waals surface area contributed by atoms with Crippen LogP contribution in [0, 0.1) is 0 Å². The first kappa shape index (κ1) is 14.2. The summed E-state index contributed by atoms with van der Waals surface area (Å²) < 4.78 is 2.28. The summed E-state index contributed by atoms with van der Waals surface area (Å²) in [7, 11) is 0. The monoisotopic (exact) mass is 285 g/mol. The first-order chi connectivity index (χ1) is 9.97. The second kappa shape index (κ2) is 4.90. The fraction of sp³-hybridized carbons (Fsp3) is 0.500. The maximum absolute atomic E-state index is 11.6. The van der Waals surface area contributed by atoms with Crippen molar-refractivity contribution in [2.75, 3.05) is 0 Å². The Bertz CT molecular complexity index is 710. The molecule has 1 heterocycles. The Morgan fingerprint density at radius 2 is 2.14 bits per heavy atom. The van der Waals surface area contributed by atoms with Gasteiger partial charge in [-0.2, -0.15) is 0 Å². The normalized spacial score (nSPS) is 16.9. The van der Waals surface area contributed by atoms with Gasteiger partial charge in [0.15, 0.2) is 0 Å². The second-order valence-electron chi connectivity index (χ2n) is 6.72. The van der Waals surface area contributed by atoms with Crippen molar-refractivity contribution in [2.24, 2.45) is 0 Å². The summed E-state index contributed by atoms with van der Waals surface area (Å²) in [5.74, 6) is -0.828. The van der Waals surface area contributed by atoms with Gasteiger partial charge in [-0.3, -0.25) is 0 Å². The Hall–Kier alpha value is -1.77. The summed E-state index contributed by atoms with van der Waals surface area (Å²) in [6, 6.07) is 5.70. The Morgan fingerprint density at radius 3 is 2.81 bits per heavy atom. The molecule has 3 nitrogen and oxygen atoms in total. The Morgan fingerprint density at radius 1 is 1.38 bits per heavy atom. The molecule has 0 saturated carbocycles. The van der Waals surface area contributed by atoms with Crippen molar-refractivity contribution in [3.05, 3.63) is 35.0 Å². The van der Waals surface area contributed by atoms with Gasteiger partial charge in [0.25, 0.3) is 0 Å². The smallest absolute Gasteiger partial charge is 0.337 e. The minimum Gasteiger partial charge on any atom is -0.478 e. The zero-order valence-corrected chi connectivity index (χ0v) is 13.1. The van der Waals surface area contributed by atoms with E-state index in [1.807, 2.05) is 6.07 Å². The van der Waals surface area contributed by atoms with Gasteiger partial charge in [0.05, 0.1) is 11.1 Å². The van der Waals surface area contributed by atoms with E-state index < -0.39 is 5.97 Å². The molecule has 112 valence electrons. The fourth-order valence-electron chi connectivity index (χ4n) is 3.95. The highest BCUT2D eigenvalue weighted by Gasteiger charge is 2.34. The maximum Gasteiger partial charge on any atom is 0.337 e. The number of hydrogen-bond acceptors (Lipinski definition) is 1. The van der Waals surface area contributed by atoms with Gasteiger partial charge >= 0.3 is 5.97 Å². The molecular weight excluding hydrogens is 262 g/mol. The van der Waals surface area contributed by atoms with Crippen LogP contribution in [0.25, 0.3) is 10.9 Å². The van der Waals surface area contributed by atoms with Crippen molar-refractivity contribution >= 4 is 16.9 Å². The third-order valence-electron chi connectivity index (χ3n) is 4.73. The number of aryl methyl sites for hydroxylation is 2. The van der Waals surface area contributed by atoms with E-state index in [-0.39, 0.29) is 5.41 Å². The van der Waals surface area contributed by atoms with Crippen molar-refractivity contribution in [3.8, 4) is 0 Å². The molecule has 0 atom stereocenters. The number of para-hydroxylation sites is 1. The molecule has 1 aliphatic rings. The molecule has 0 radical (unpaired) electrons. The van der Waals surface area contributed by atoms with Crippen molar-refractivity contribution in [1.82, 2.24) is 4.57 Å². The van der Waals surface area contributed by atoms with Crippen molar-refractivity contribution < 1.29 is 9.90 Å². The summed E-state index contributed by atoms with van der Waals surface area (Å²) in [6.07, 6.45) is 4.43. The number of benzene rings is 1. The molecule has 1 aromatic carbocycles. The van der Waals surface area contributed by atoms with Gasteiger partial charge in [0.1, 0.15) is 0 Å². The topological polar surface area (TPSA) is 42.2 Å². The highest BCUT2D eigenvalue weighted by atomic mass is 16.4. The van der Waals surface area contributed by atoms with Crippen LogP contribution in [0.5, 0.6) is 0 Å². The number of fused-ring (bicyclic) bond motifs is 3. The lowest BCUT2D eigenvalue weighted by Gasteiger charge is -2.32. The summed E-state index contributed by atoms with van der Waals surface area (Å²) >= 11 is 0. The van der Waals surface area contributed by atoms with Crippen LogP contribution in [0.3, 0.4) is 0 Å². The quantitative estimate of drug-likeness (QED) is 0.910. The Labute approximate surface area is 125 Å². The number of carboxylic acid groups (broad SMARTS) is 1. The summed E-state index contributed by atoms with van der Waals surface area (Å²) in [5.41, 5.74) is 4.22. The molecule has 0 fully saturated rings. The largest absolute Gasteiger partial charge is 0.478 e. The van der Waals surface area contributed by atoms with E-state index in [4.69, 9.17) is 0 Å². The van der Waals surface area contributed by atoms with Crippen LogP contribution >= 0.6 is 0 Å². The van der Waals surface area contributed by atoms with Crippen molar-refractivity contribution in [2.45, 2.75) is 58.4 Å². The van der Waals surface area contributed by atoms with Crippen LogP contribution in [0.4, 0.5) is 0 Å². The first-order valence-corrected chi connectivity index (χ1v) is 7.85. The molecule has 0 amide bonds. The zero-order chi connectivity index (χ0) is 15.2. The summed E-state index contributed by atoms with van der Waals surface area (Å²) in [5, 5.41) is 10.7. The van der Waals surface area contributed by atoms with Crippen LogP contribution in [0.2, 0.25) is 0 Å². The van der Waals surface area contributed by atoms with E-state index >= 15 is 0 Å².